The molecule has 4 heterocycles. The molecule has 1 N–H and O–H groups in total. The maximum absolute atomic E-state index is 11.4. The molecule has 2 unspecified atom stereocenters. The van der Waals surface area contributed by atoms with Crippen LogP contribution in [-0.2, 0) is 12.1 Å². The van der Waals surface area contributed by atoms with E-state index in [0.29, 0.717) is 36.4 Å². The van der Waals surface area contributed by atoms with Gasteiger partial charge in [-0.15, -0.1) is 11.3 Å². The molecule has 7 heteroatoms. The maximum Gasteiger partial charge on any atom is 0.319 e. The lowest BCUT2D eigenvalue weighted by Crippen LogP contribution is -2.49. The molecule has 4 rings (SSSR count). The van der Waals surface area contributed by atoms with Crippen molar-refractivity contribution in [3.05, 3.63) is 34.2 Å². The van der Waals surface area contributed by atoms with Crippen LogP contribution in [0.5, 0.6) is 11.9 Å². The Morgan fingerprint density at radius 3 is 2.64 bits per heavy atom. The van der Waals surface area contributed by atoms with Crippen LogP contribution in [0, 0.1) is 0 Å². The number of hydrogen-bond acceptors (Lipinski definition) is 7. The van der Waals surface area contributed by atoms with Gasteiger partial charge < -0.3 is 14.6 Å². The number of rotatable bonds is 5. The molecule has 6 nitrogen and oxygen atoms in total. The Labute approximate surface area is 151 Å². The fourth-order valence-corrected chi connectivity index (χ4v) is 5.01. The largest absolute Gasteiger partial charge is 0.481 e. The molecule has 2 aromatic rings. The highest BCUT2D eigenvalue weighted by molar-refractivity contribution is 7.09. The molecule has 2 aliphatic heterocycles. The van der Waals surface area contributed by atoms with Gasteiger partial charge in [0.15, 0.2) is 0 Å². The molecular weight excluding hydrogens is 338 g/mol. The number of nitrogens with zero attached hydrogens (tertiary/aromatic N) is 3. The van der Waals surface area contributed by atoms with Gasteiger partial charge in [-0.3, -0.25) is 4.90 Å². The maximum atomic E-state index is 11.4. The molecule has 0 aliphatic carbocycles. The van der Waals surface area contributed by atoms with Crippen LogP contribution in [0.1, 0.15) is 36.1 Å². The molecule has 2 saturated heterocycles. The van der Waals surface area contributed by atoms with E-state index in [1.165, 1.54) is 12.0 Å². The Bertz CT molecular complexity index is 723. The Morgan fingerprint density at radius 2 is 2.04 bits per heavy atom. The van der Waals surface area contributed by atoms with Crippen molar-refractivity contribution in [3.8, 4) is 11.9 Å². The Morgan fingerprint density at radius 1 is 1.28 bits per heavy atom. The highest BCUT2D eigenvalue weighted by Gasteiger charge is 2.49. The van der Waals surface area contributed by atoms with Crippen LogP contribution in [0.2, 0.25) is 0 Å². The lowest BCUT2D eigenvalue weighted by Gasteiger charge is -2.43. The predicted octanol–water partition coefficient (Wildman–Crippen LogP) is 2.57. The standard InChI is InChI=1S/C18H23N3O3S/c1-23-16-15(10-19-17(20-16)24-2)18(22)8-12-5-6-13(9-18)21(12)11-14-4-3-7-25-14/h3-4,7,10,12-13,22H,5-6,8-9,11H2,1-2H3. The number of thiophene rings is 1. The van der Waals surface area contributed by atoms with Crippen molar-refractivity contribution in [2.75, 3.05) is 14.2 Å². The number of ether oxygens (including phenoxy) is 2. The molecule has 0 saturated carbocycles. The second-order valence-electron chi connectivity index (χ2n) is 6.86. The first-order valence-electron chi connectivity index (χ1n) is 8.59. The van der Waals surface area contributed by atoms with Crippen molar-refractivity contribution in [1.29, 1.82) is 0 Å². The molecule has 2 atom stereocenters. The fourth-order valence-electron chi connectivity index (χ4n) is 4.30. The summed E-state index contributed by atoms with van der Waals surface area (Å²) < 4.78 is 10.5. The Kier molecular flexibility index (Phi) is 4.39. The van der Waals surface area contributed by atoms with E-state index in [4.69, 9.17) is 9.47 Å². The van der Waals surface area contributed by atoms with Gasteiger partial charge in [-0.05, 0) is 37.1 Å². The lowest BCUT2D eigenvalue weighted by atomic mass is 9.81. The lowest BCUT2D eigenvalue weighted by molar-refractivity contribution is -0.0610. The zero-order chi connectivity index (χ0) is 17.4. The van der Waals surface area contributed by atoms with Crippen LogP contribution in [0.3, 0.4) is 0 Å². The zero-order valence-corrected chi connectivity index (χ0v) is 15.3. The minimum Gasteiger partial charge on any atom is -0.481 e. The first kappa shape index (κ1) is 16.8. The van der Waals surface area contributed by atoms with Gasteiger partial charge in [0.2, 0.25) is 5.88 Å². The number of hydrogen-bond donors (Lipinski definition) is 1. The first-order valence-corrected chi connectivity index (χ1v) is 9.47. The highest BCUT2D eigenvalue weighted by atomic mass is 32.1. The molecule has 134 valence electrons. The number of fused-ring (bicyclic) bond motifs is 2. The second-order valence-corrected chi connectivity index (χ2v) is 7.89. The van der Waals surface area contributed by atoms with Gasteiger partial charge in [0.05, 0.1) is 25.4 Å². The van der Waals surface area contributed by atoms with E-state index in [2.05, 4.69) is 32.4 Å². The van der Waals surface area contributed by atoms with Crippen LogP contribution < -0.4 is 9.47 Å². The van der Waals surface area contributed by atoms with E-state index in [-0.39, 0.29) is 6.01 Å². The molecule has 2 bridgehead atoms. The normalized spacial score (nSPS) is 28.9. The fraction of sp³-hybridized carbons (Fsp3) is 0.556. The van der Waals surface area contributed by atoms with Crippen molar-refractivity contribution in [1.82, 2.24) is 14.9 Å². The number of aliphatic hydroxyl groups is 1. The molecule has 25 heavy (non-hydrogen) atoms. The van der Waals surface area contributed by atoms with Crippen molar-refractivity contribution in [2.24, 2.45) is 0 Å². The molecule has 2 aromatic heterocycles. The summed E-state index contributed by atoms with van der Waals surface area (Å²) in [4.78, 5) is 12.4. The molecule has 0 aromatic carbocycles. The summed E-state index contributed by atoms with van der Waals surface area (Å²) in [5.74, 6) is 0.403. The van der Waals surface area contributed by atoms with Gasteiger partial charge in [0.25, 0.3) is 0 Å². The van der Waals surface area contributed by atoms with Crippen LogP contribution >= 0.6 is 11.3 Å². The van der Waals surface area contributed by atoms with Gasteiger partial charge in [-0.25, -0.2) is 4.98 Å². The van der Waals surface area contributed by atoms with E-state index in [0.717, 1.165) is 19.4 Å². The predicted molar refractivity (Wildman–Crippen MR) is 94.9 cm³/mol. The van der Waals surface area contributed by atoms with Crippen LogP contribution in [0.25, 0.3) is 0 Å². The second kappa shape index (κ2) is 6.55. The molecule has 0 amide bonds. The average Bonchev–Trinajstić information content (AvgIpc) is 3.22. The van der Waals surface area contributed by atoms with Gasteiger partial charge in [-0.2, -0.15) is 4.98 Å². The Balaban J connectivity index is 1.59. The van der Waals surface area contributed by atoms with Crippen molar-refractivity contribution < 1.29 is 14.6 Å². The van der Waals surface area contributed by atoms with Crippen molar-refractivity contribution in [3.63, 3.8) is 0 Å². The van der Waals surface area contributed by atoms with Gasteiger partial charge in [-0.1, -0.05) is 6.07 Å². The van der Waals surface area contributed by atoms with E-state index < -0.39 is 5.60 Å². The molecule has 2 aliphatic rings. The minimum absolute atomic E-state index is 0.252. The third-order valence-corrected chi connectivity index (χ3v) is 6.31. The summed E-state index contributed by atoms with van der Waals surface area (Å²) in [5, 5.41) is 13.5. The molecule has 2 fully saturated rings. The van der Waals surface area contributed by atoms with Gasteiger partial charge in [0, 0.05) is 29.7 Å². The summed E-state index contributed by atoms with van der Waals surface area (Å²) in [7, 11) is 3.08. The van der Waals surface area contributed by atoms with E-state index in [1.807, 2.05) is 0 Å². The number of aromatic nitrogens is 2. The summed E-state index contributed by atoms with van der Waals surface area (Å²) in [6.07, 6.45) is 5.26. The summed E-state index contributed by atoms with van der Waals surface area (Å²) in [5.41, 5.74) is -0.279. The molecule has 0 spiro atoms. The van der Waals surface area contributed by atoms with Crippen molar-refractivity contribution >= 4 is 11.3 Å². The van der Waals surface area contributed by atoms with Gasteiger partial charge >= 0.3 is 6.01 Å². The smallest absolute Gasteiger partial charge is 0.319 e. The highest BCUT2D eigenvalue weighted by Crippen LogP contribution is 2.48. The summed E-state index contributed by atoms with van der Waals surface area (Å²) in [6, 6.07) is 5.28. The number of piperidine rings is 1. The molecular formula is C18H23N3O3S. The topological polar surface area (TPSA) is 67.7 Å². The number of methoxy groups -OCH3 is 2. The van der Waals surface area contributed by atoms with Crippen LogP contribution in [0.15, 0.2) is 23.7 Å². The van der Waals surface area contributed by atoms with E-state index >= 15 is 0 Å². The van der Waals surface area contributed by atoms with Crippen molar-refractivity contribution in [2.45, 2.75) is 49.9 Å². The van der Waals surface area contributed by atoms with Crippen LogP contribution in [0.4, 0.5) is 0 Å². The average molecular weight is 361 g/mol. The van der Waals surface area contributed by atoms with E-state index in [9.17, 15) is 5.11 Å². The molecule has 0 radical (unpaired) electrons. The van der Waals surface area contributed by atoms with Crippen LogP contribution in [-0.4, -0.2) is 46.3 Å². The Hall–Kier alpha value is -1.70. The third-order valence-electron chi connectivity index (χ3n) is 5.45. The third kappa shape index (κ3) is 3.01. The van der Waals surface area contributed by atoms with Gasteiger partial charge in [0.1, 0.15) is 0 Å². The van der Waals surface area contributed by atoms with E-state index in [1.54, 1.807) is 24.6 Å². The SMILES string of the molecule is COc1ncc(C2(O)CC3CCC(C2)N3Cc2cccs2)c(OC)n1. The summed E-state index contributed by atoms with van der Waals surface area (Å²) in [6.45, 7) is 0.972. The minimum atomic E-state index is -0.949. The quantitative estimate of drug-likeness (QED) is 0.883. The summed E-state index contributed by atoms with van der Waals surface area (Å²) >= 11 is 1.80. The monoisotopic (exact) mass is 361 g/mol. The first-order chi connectivity index (χ1) is 12.1. The zero-order valence-electron chi connectivity index (χ0n) is 14.5.